The third kappa shape index (κ3) is 20.4. The molecule has 0 bridgehead atoms. The van der Waals surface area contributed by atoms with E-state index in [1.54, 1.807) is 0 Å². The van der Waals surface area contributed by atoms with Gasteiger partial charge in [-0.2, -0.15) is 0 Å². The van der Waals surface area contributed by atoms with E-state index in [0.29, 0.717) is 0 Å². The Labute approximate surface area is 123 Å². The van der Waals surface area contributed by atoms with Gasteiger partial charge in [-0.05, 0) is 5.92 Å². The Hall–Kier alpha value is -0.0400. The molecule has 0 rings (SSSR count). The minimum atomic E-state index is 0. The lowest BCUT2D eigenvalue weighted by Gasteiger charge is -2.04. The van der Waals surface area contributed by atoms with E-state index in [4.69, 9.17) is 0 Å². The van der Waals surface area contributed by atoms with Crippen molar-refractivity contribution in [3.8, 4) is 0 Å². The molecule has 0 aliphatic heterocycles. The van der Waals surface area contributed by atoms with Crippen LogP contribution in [0, 0.1) is 5.92 Å². The second-order valence-corrected chi connectivity index (χ2v) is 6.43. The molecule has 3 N–H and O–H groups in total. The first-order chi connectivity index (χ1) is 8.77. The van der Waals surface area contributed by atoms with Crippen molar-refractivity contribution in [1.29, 1.82) is 0 Å². The summed E-state index contributed by atoms with van der Waals surface area (Å²) in [6, 6.07) is 0. The maximum Gasteiger partial charge on any atom is -0.0471 e. The third-order valence-electron chi connectivity index (χ3n) is 3.89. The average molecular weight is 272 g/mol. The largest absolute Gasteiger partial charge is 0.344 e. The fraction of sp³-hybridized carbons (Fsp3) is 1.00. The summed E-state index contributed by atoms with van der Waals surface area (Å²) in [5.74, 6) is 0.901. The summed E-state index contributed by atoms with van der Waals surface area (Å²) in [7, 11) is 0. The summed E-state index contributed by atoms with van der Waals surface area (Å²) < 4.78 is 0. The monoisotopic (exact) mass is 271 g/mol. The van der Waals surface area contributed by atoms with Crippen LogP contribution in [0.5, 0.6) is 0 Å². The summed E-state index contributed by atoms with van der Waals surface area (Å²) in [6.07, 6.45) is 20.5. The number of hydrogen-bond acceptors (Lipinski definition) is 1. The molecule has 0 atom stereocenters. The standard InChI is InChI=1S/C18H38.H3N/c1-4-5-6-7-8-9-10-11-12-13-14-15-16-17-18(2)3;/h18H,4-17H2,1-3H3;1H3. The third-order valence-corrected chi connectivity index (χ3v) is 3.89. The zero-order valence-corrected chi connectivity index (χ0v) is 14.2. The van der Waals surface area contributed by atoms with Crippen molar-refractivity contribution < 1.29 is 0 Å². The van der Waals surface area contributed by atoms with Crippen molar-refractivity contribution in [3.05, 3.63) is 0 Å². The lowest BCUT2D eigenvalue weighted by Crippen LogP contribution is -1.87. The lowest BCUT2D eigenvalue weighted by atomic mass is 10.0. The van der Waals surface area contributed by atoms with Crippen LogP contribution in [0.1, 0.15) is 111 Å². The second kappa shape index (κ2) is 18.0. The molecular formula is C18H41N. The Kier molecular flexibility index (Phi) is 20.1. The van der Waals surface area contributed by atoms with Crippen LogP contribution >= 0.6 is 0 Å². The molecule has 0 spiro atoms. The molecule has 19 heavy (non-hydrogen) atoms. The van der Waals surface area contributed by atoms with Crippen molar-refractivity contribution in [2.45, 2.75) is 111 Å². The van der Waals surface area contributed by atoms with Gasteiger partial charge in [0.05, 0.1) is 0 Å². The molecule has 118 valence electrons. The zero-order valence-electron chi connectivity index (χ0n) is 14.2. The Balaban J connectivity index is 0. The summed E-state index contributed by atoms with van der Waals surface area (Å²) >= 11 is 0. The fourth-order valence-electron chi connectivity index (χ4n) is 2.57. The van der Waals surface area contributed by atoms with E-state index >= 15 is 0 Å². The van der Waals surface area contributed by atoms with E-state index in [-0.39, 0.29) is 6.15 Å². The van der Waals surface area contributed by atoms with Crippen LogP contribution in [0.25, 0.3) is 0 Å². The van der Waals surface area contributed by atoms with Gasteiger partial charge < -0.3 is 6.15 Å². The Morgan fingerprint density at radius 1 is 0.526 bits per heavy atom. The quantitative estimate of drug-likeness (QED) is 0.331. The molecule has 0 aliphatic rings. The molecule has 0 saturated heterocycles. The van der Waals surface area contributed by atoms with E-state index in [0.717, 1.165) is 5.92 Å². The van der Waals surface area contributed by atoms with Crippen molar-refractivity contribution in [2.24, 2.45) is 5.92 Å². The molecule has 0 aromatic carbocycles. The zero-order chi connectivity index (χ0) is 13.5. The molecule has 0 radical (unpaired) electrons. The molecule has 0 amide bonds. The van der Waals surface area contributed by atoms with Gasteiger partial charge in [-0.15, -0.1) is 0 Å². The van der Waals surface area contributed by atoms with E-state index < -0.39 is 0 Å². The summed E-state index contributed by atoms with van der Waals surface area (Å²) in [6.45, 7) is 6.96. The molecule has 1 heteroatoms. The van der Waals surface area contributed by atoms with Crippen molar-refractivity contribution in [1.82, 2.24) is 6.15 Å². The van der Waals surface area contributed by atoms with Crippen LogP contribution in [-0.4, -0.2) is 0 Å². The topological polar surface area (TPSA) is 35.0 Å². The van der Waals surface area contributed by atoms with E-state index in [9.17, 15) is 0 Å². The predicted octanol–water partition coefficient (Wildman–Crippen LogP) is 7.29. The Bertz CT molecular complexity index is 143. The van der Waals surface area contributed by atoms with Gasteiger partial charge in [0.25, 0.3) is 0 Å². The highest BCUT2D eigenvalue weighted by Gasteiger charge is 1.95. The van der Waals surface area contributed by atoms with Crippen LogP contribution in [0.4, 0.5) is 0 Å². The highest BCUT2D eigenvalue weighted by molar-refractivity contribution is 4.50. The Morgan fingerprint density at radius 3 is 1.16 bits per heavy atom. The minimum Gasteiger partial charge on any atom is -0.344 e. The first-order valence-corrected chi connectivity index (χ1v) is 8.77. The molecule has 1 nitrogen and oxygen atoms in total. The number of unbranched alkanes of at least 4 members (excludes halogenated alkanes) is 12. The summed E-state index contributed by atoms with van der Waals surface area (Å²) in [4.78, 5) is 0. The molecule has 0 aliphatic carbocycles. The van der Waals surface area contributed by atoms with Gasteiger partial charge in [-0.3, -0.25) is 0 Å². The first kappa shape index (κ1) is 21.3. The maximum absolute atomic E-state index is 2.33. The van der Waals surface area contributed by atoms with Crippen LogP contribution < -0.4 is 6.15 Å². The smallest absolute Gasteiger partial charge is 0.0471 e. The average Bonchev–Trinajstić information content (AvgIpc) is 2.34. The van der Waals surface area contributed by atoms with Gasteiger partial charge in [0.1, 0.15) is 0 Å². The normalized spacial score (nSPS) is 10.7. The summed E-state index contributed by atoms with van der Waals surface area (Å²) in [5.41, 5.74) is 0. The van der Waals surface area contributed by atoms with Crippen LogP contribution in [0.2, 0.25) is 0 Å². The molecule has 0 aromatic rings. The van der Waals surface area contributed by atoms with Crippen LogP contribution in [0.3, 0.4) is 0 Å². The molecule has 0 aromatic heterocycles. The molecule has 0 heterocycles. The minimum absolute atomic E-state index is 0. The molecule has 0 fully saturated rings. The molecule has 0 saturated carbocycles. The van der Waals surface area contributed by atoms with Crippen LogP contribution in [-0.2, 0) is 0 Å². The molecule has 0 unspecified atom stereocenters. The van der Waals surface area contributed by atoms with Gasteiger partial charge in [0, 0.05) is 0 Å². The van der Waals surface area contributed by atoms with Gasteiger partial charge in [0.2, 0.25) is 0 Å². The lowest BCUT2D eigenvalue weighted by molar-refractivity contribution is 0.503. The molecular weight excluding hydrogens is 230 g/mol. The van der Waals surface area contributed by atoms with Crippen molar-refractivity contribution in [3.63, 3.8) is 0 Å². The van der Waals surface area contributed by atoms with E-state index in [1.165, 1.54) is 89.9 Å². The van der Waals surface area contributed by atoms with Gasteiger partial charge in [0.15, 0.2) is 0 Å². The summed E-state index contributed by atoms with van der Waals surface area (Å²) in [5, 5.41) is 0. The van der Waals surface area contributed by atoms with Gasteiger partial charge >= 0.3 is 0 Å². The predicted molar refractivity (Wildman–Crippen MR) is 90.2 cm³/mol. The first-order valence-electron chi connectivity index (χ1n) is 8.77. The van der Waals surface area contributed by atoms with Crippen molar-refractivity contribution in [2.75, 3.05) is 0 Å². The highest BCUT2D eigenvalue weighted by Crippen LogP contribution is 2.14. The van der Waals surface area contributed by atoms with E-state index in [1.807, 2.05) is 0 Å². The Morgan fingerprint density at radius 2 is 0.842 bits per heavy atom. The van der Waals surface area contributed by atoms with Crippen LogP contribution in [0.15, 0.2) is 0 Å². The van der Waals surface area contributed by atoms with Gasteiger partial charge in [-0.1, -0.05) is 111 Å². The number of hydrogen-bond donors (Lipinski definition) is 1. The fourth-order valence-corrected chi connectivity index (χ4v) is 2.57. The van der Waals surface area contributed by atoms with E-state index in [2.05, 4.69) is 20.8 Å². The van der Waals surface area contributed by atoms with Gasteiger partial charge in [-0.25, -0.2) is 0 Å². The SMILES string of the molecule is CCCCCCCCCCCCCCCC(C)C.N. The number of rotatable bonds is 14. The van der Waals surface area contributed by atoms with Crippen molar-refractivity contribution >= 4 is 0 Å². The second-order valence-electron chi connectivity index (χ2n) is 6.43. The maximum atomic E-state index is 2.33. The highest BCUT2D eigenvalue weighted by atomic mass is 14.0.